The predicted molar refractivity (Wildman–Crippen MR) is 190 cm³/mol. The summed E-state index contributed by atoms with van der Waals surface area (Å²) < 4.78 is 23.2. The smallest absolute Gasteiger partial charge is 0.220 e. The molecule has 0 atom stereocenters. The lowest BCUT2D eigenvalue weighted by Crippen LogP contribution is -2.48. The topological polar surface area (TPSA) is 168 Å². The van der Waals surface area contributed by atoms with Crippen molar-refractivity contribution in [2.24, 2.45) is 0 Å². The average Bonchev–Trinajstić information content (AvgIpc) is 3.15. The van der Waals surface area contributed by atoms with Crippen molar-refractivity contribution in [1.29, 1.82) is 0 Å². The number of aliphatic hydroxyl groups excluding tert-OH is 4. The molecule has 12 nitrogen and oxygen atoms in total. The van der Waals surface area contributed by atoms with Crippen molar-refractivity contribution in [3.8, 4) is 34.6 Å². The fourth-order valence-corrected chi connectivity index (χ4v) is 5.20. The van der Waals surface area contributed by atoms with E-state index in [0.717, 1.165) is 44.5 Å². The quantitative estimate of drug-likeness (QED) is 0.0848. The number of nitrogens with one attached hydrogen (secondary N) is 2. The Balaban J connectivity index is 1.44. The molecule has 2 aromatic carbocycles. The van der Waals surface area contributed by atoms with Crippen molar-refractivity contribution in [2.45, 2.75) is 65.1 Å². The third kappa shape index (κ3) is 9.48. The van der Waals surface area contributed by atoms with E-state index in [2.05, 4.69) is 46.6 Å². The highest BCUT2D eigenvalue weighted by Gasteiger charge is 2.23. The highest BCUT2D eigenvalue weighted by Crippen LogP contribution is 2.32. The Hall–Kier alpha value is -4.30. The summed E-state index contributed by atoms with van der Waals surface area (Å²) in [6.07, 6.45) is 0. The zero-order valence-electron chi connectivity index (χ0n) is 29.7. The van der Waals surface area contributed by atoms with Crippen LogP contribution in [0.5, 0.6) is 23.5 Å². The summed E-state index contributed by atoms with van der Waals surface area (Å²) in [6.45, 7) is 8.10. The van der Waals surface area contributed by atoms with E-state index in [-0.39, 0.29) is 26.4 Å². The lowest BCUT2D eigenvalue weighted by Gasteiger charge is -2.26. The number of nitrogens with zero attached hydrogens (tertiary/aromatic N) is 2. The molecule has 0 saturated heterocycles. The molecule has 12 heteroatoms. The monoisotopic (exact) mass is 690 g/mol. The van der Waals surface area contributed by atoms with Gasteiger partial charge in [-0.1, -0.05) is 36.4 Å². The molecule has 0 saturated carbocycles. The van der Waals surface area contributed by atoms with Crippen LogP contribution in [-0.2, 0) is 26.3 Å². The van der Waals surface area contributed by atoms with E-state index in [9.17, 15) is 20.4 Å². The van der Waals surface area contributed by atoms with Crippen molar-refractivity contribution < 1.29 is 39.4 Å². The molecule has 0 aliphatic heterocycles. The number of hydrogen-bond donors (Lipinski definition) is 6. The first-order valence-electron chi connectivity index (χ1n) is 16.5. The molecule has 2 aromatic heterocycles. The van der Waals surface area contributed by atoms with Gasteiger partial charge >= 0.3 is 0 Å². The summed E-state index contributed by atoms with van der Waals surface area (Å²) in [7, 11) is 3.08. The summed E-state index contributed by atoms with van der Waals surface area (Å²) in [5.41, 5.74) is 6.27. The molecule has 0 amide bonds. The Morgan fingerprint density at radius 3 is 1.28 bits per heavy atom. The van der Waals surface area contributed by atoms with Crippen LogP contribution in [0.15, 0.2) is 60.7 Å². The largest absolute Gasteiger partial charge is 0.481 e. The van der Waals surface area contributed by atoms with Crippen LogP contribution in [0.1, 0.15) is 47.2 Å². The van der Waals surface area contributed by atoms with Crippen LogP contribution in [0.2, 0.25) is 0 Å². The third-order valence-corrected chi connectivity index (χ3v) is 8.95. The molecular weight excluding hydrogens is 640 g/mol. The van der Waals surface area contributed by atoms with Gasteiger partial charge in [-0.2, -0.15) is 9.97 Å². The zero-order valence-corrected chi connectivity index (χ0v) is 29.7. The molecule has 0 fully saturated rings. The second kappa shape index (κ2) is 17.6. The molecule has 4 rings (SSSR count). The summed E-state index contributed by atoms with van der Waals surface area (Å²) in [5.74, 6) is 1.64. The Morgan fingerprint density at radius 2 is 0.940 bits per heavy atom. The van der Waals surface area contributed by atoms with E-state index in [1.54, 1.807) is 40.2 Å². The minimum atomic E-state index is -0.823. The van der Waals surface area contributed by atoms with Crippen molar-refractivity contribution in [3.63, 3.8) is 0 Å². The Kier molecular flexibility index (Phi) is 13.5. The molecule has 0 spiro atoms. The number of benzene rings is 2. The first kappa shape index (κ1) is 38.5. The summed E-state index contributed by atoms with van der Waals surface area (Å²) in [4.78, 5) is 9.05. The molecule has 0 radical (unpaired) electrons. The van der Waals surface area contributed by atoms with Crippen molar-refractivity contribution in [3.05, 3.63) is 94.0 Å². The van der Waals surface area contributed by atoms with Gasteiger partial charge in [-0.05, 0) is 73.2 Å². The second-order valence-electron chi connectivity index (χ2n) is 12.9. The van der Waals surface area contributed by atoms with Gasteiger partial charge in [0.1, 0.15) is 13.2 Å². The van der Waals surface area contributed by atoms with Crippen molar-refractivity contribution in [1.82, 2.24) is 20.6 Å². The third-order valence-electron chi connectivity index (χ3n) is 8.95. The summed E-state index contributed by atoms with van der Waals surface area (Å²) in [5, 5.41) is 44.6. The van der Waals surface area contributed by atoms with Crippen LogP contribution < -0.4 is 29.6 Å². The Labute approximate surface area is 294 Å². The van der Waals surface area contributed by atoms with Gasteiger partial charge in [0.25, 0.3) is 0 Å². The van der Waals surface area contributed by atoms with E-state index in [1.807, 2.05) is 36.4 Å². The molecule has 0 aliphatic rings. The molecule has 270 valence electrons. The van der Waals surface area contributed by atoms with Crippen LogP contribution in [-0.4, -0.2) is 82.1 Å². The number of methoxy groups -OCH3 is 2. The SMILES string of the molecule is COc1nc(OCc2cccc(-c3cccc(COc4ccc(CNC(C)(CO)CO)c(OC)n4)c3C)c2C)ccc1CNC(C)(CO)CO. The van der Waals surface area contributed by atoms with E-state index < -0.39 is 11.1 Å². The first-order chi connectivity index (χ1) is 24.0. The highest BCUT2D eigenvalue weighted by molar-refractivity contribution is 5.72. The van der Waals surface area contributed by atoms with Gasteiger partial charge in [0.15, 0.2) is 0 Å². The van der Waals surface area contributed by atoms with Crippen LogP contribution >= 0.6 is 0 Å². The lowest BCUT2D eigenvalue weighted by molar-refractivity contribution is 0.103. The van der Waals surface area contributed by atoms with Crippen LogP contribution in [0.25, 0.3) is 11.1 Å². The lowest BCUT2D eigenvalue weighted by atomic mass is 9.92. The average molecular weight is 691 g/mol. The number of rotatable bonds is 19. The zero-order chi connectivity index (χ0) is 36.3. The minimum absolute atomic E-state index is 0.211. The maximum atomic E-state index is 9.58. The molecule has 50 heavy (non-hydrogen) atoms. The minimum Gasteiger partial charge on any atom is -0.481 e. The van der Waals surface area contributed by atoms with E-state index in [0.29, 0.717) is 49.8 Å². The van der Waals surface area contributed by atoms with Gasteiger partial charge in [-0.25, -0.2) is 0 Å². The fraction of sp³-hybridized carbons (Fsp3) is 0.421. The number of hydrogen-bond acceptors (Lipinski definition) is 12. The molecule has 6 N–H and O–H groups in total. The fourth-order valence-electron chi connectivity index (χ4n) is 5.20. The van der Waals surface area contributed by atoms with Gasteiger partial charge in [0.2, 0.25) is 23.5 Å². The molecule has 0 unspecified atom stereocenters. The number of ether oxygens (including phenoxy) is 4. The van der Waals surface area contributed by atoms with Gasteiger partial charge in [0.05, 0.1) is 51.7 Å². The number of pyridine rings is 2. The molecular formula is C38H50N4O8. The Bertz CT molecular complexity index is 1580. The maximum Gasteiger partial charge on any atom is 0.220 e. The molecule has 4 aromatic rings. The number of aliphatic hydroxyl groups is 4. The standard InChI is InChI=1S/C38H50N4O8/c1-25-29(19-49-33-15-13-27(35(41-33)47-5)17-39-37(3,21-43)22-44)9-7-11-31(25)32-12-8-10-30(26(32)2)20-50-34-16-14-28(36(42-34)48-6)18-40-38(4,23-45)24-46/h7-16,39-40,43-46H,17-24H2,1-6H3. The number of aromatic nitrogens is 2. The summed E-state index contributed by atoms with van der Waals surface area (Å²) >= 11 is 0. The van der Waals surface area contributed by atoms with Gasteiger partial charge in [0, 0.05) is 36.3 Å². The van der Waals surface area contributed by atoms with Crippen LogP contribution in [0.3, 0.4) is 0 Å². The first-order valence-corrected chi connectivity index (χ1v) is 16.5. The van der Waals surface area contributed by atoms with Crippen LogP contribution in [0.4, 0.5) is 0 Å². The molecule has 0 bridgehead atoms. The predicted octanol–water partition coefficient (Wildman–Crippen LogP) is 3.60. The summed E-state index contributed by atoms with van der Waals surface area (Å²) in [6, 6.07) is 19.6. The van der Waals surface area contributed by atoms with Crippen molar-refractivity contribution >= 4 is 0 Å². The van der Waals surface area contributed by atoms with Crippen molar-refractivity contribution in [2.75, 3.05) is 40.6 Å². The highest BCUT2D eigenvalue weighted by atomic mass is 16.5. The van der Waals surface area contributed by atoms with Crippen LogP contribution in [0, 0.1) is 13.8 Å². The second-order valence-corrected chi connectivity index (χ2v) is 12.9. The van der Waals surface area contributed by atoms with Gasteiger partial charge < -0.3 is 50.0 Å². The maximum absolute atomic E-state index is 9.58. The van der Waals surface area contributed by atoms with E-state index in [4.69, 9.17) is 18.9 Å². The Morgan fingerprint density at radius 1 is 0.560 bits per heavy atom. The normalized spacial score (nSPS) is 11.8. The molecule has 0 aliphatic carbocycles. The van der Waals surface area contributed by atoms with Gasteiger partial charge in [-0.3, -0.25) is 0 Å². The molecule has 2 heterocycles. The van der Waals surface area contributed by atoms with Gasteiger partial charge in [-0.15, -0.1) is 0 Å². The van der Waals surface area contributed by atoms with E-state index in [1.165, 1.54) is 0 Å². The van der Waals surface area contributed by atoms with E-state index >= 15 is 0 Å².